The van der Waals surface area contributed by atoms with Crippen molar-refractivity contribution in [1.82, 2.24) is 4.98 Å². The lowest BCUT2D eigenvalue weighted by molar-refractivity contribution is -0.0476. The maximum absolute atomic E-state index is 5.52. The number of nitrogens with zero attached hydrogens (tertiary/aromatic N) is 1. The Hall–Kier alpha value is -1.13. The van der Waals surface area contributed by atoms with Crippen LogP contribution in [-0.2, 0) is 9.47 Å². The van der Waals surface area contributed by atoms with Gasteiger partial charge in [-0.3, -0.25) is 0 Å². The first-order valence-electron chi connectivity index (χ1n) is 5.73. The lowest BCUT2D eigenvalue weighted by Gasteiger charge is -2.10. The summed E-state index contributed by atoms with van der Waals surface area (Å²) >= 11 is 0. The van der Waals surface area contributed by atoms with E-state index in [-0.39, 0.29) is 6.29 Å². The molecule has 1 aliphatic rings. The summed E-state index contributed by atoms with van der Waals surface area (Å²) in [6.45, 7) is 4.10. The van der Waals surface area contributed by atoms with Gasteiger partial charge in [0, 0.05) is 6.07 Å². The summed E-state index contributed by atoms with van der Waals surface area (Å²) in [5.41, 5.74) is 0.784. The third-order valence-corrected chi connectivity index (χ3v) is 2.36. The molecular formula is C12H17NO3. The molecule has 0 aromatic carbocycles. The summed E-state index contributed by atoms with van der Waals surface area (Å²) in [4.78, 5) is 4.35. The fourth-order valence-electron chi connectivity index (χ4n) is 1.49. The van der Waals surface area contributed by atoms with Crippen LogP contribution in [-0.4, -0.2) is 24.8 Å². The summed E-state index contributed by atoms with van der Waals surface area (Å²) in [6, 6.07) is 5.66. The van der Waals surface area contributed by atoms with E-state index in [1.807, 2.05) is 18.2 Å². The summed E-state index contributed by atoms with van der Waals surface area (Å²) in [5, 5.41) is 0. The second kappa shape index (κ2) is 5.82. The molecule has 4 heteroatoms. The summed E-state index contributed by atoms with van der Waals surface area (Å²) in [5.74, 6) is 0.644. The first-order chi connectivity index (χ1) is 7.90. The van der Waals surface area contributed by atoms with Gasteiger partial charge in [0.15, 0.2) is 0 Å². The normalized spacial score (nSPS) is 16.6. The molecule has 0 spiro atoms. The van der Waals surface area contributed by atoms with E-state index in [0.717, 1.165) is 18.5 Å². The molecule has 0 amide bonds. The van der Waals surface area contributed by atoms with Crippen LogP contribution in [0.2, 0.25) is 0 Å². The van der Waals surface area contributed by atoms with Crippen molar-refractivity contribution in [3.05, 3.63) is 23.9 Å². The summed E-state index contributed by atoms with van der Waals surface area (Å²) in [7, 11) is 0. The number of rotatable bonds is 5. The van der Waals surface area contributed by atoms with Gasteiger partial charge in [0.1, 0.15) is 5.69 Å². The van der Waals surface area contributed by atoms with Crippen LogP contribution < -0.4 is 4.74 Å². The minimum atomic E-state index is -0.324. The van der Waals surface area contributed by atoms with Gasteiger partial charge in [-0.25, -0.2) is 4.98 Å². The van der Waals surface area contributed by atoms with Crippen molar-refractivity contribution in [2.45, 2.75) is 26.1 Å². The largest absolute Gasteiger partial charge is 0.478 e. The lowest BCUT2D eigenvalue weighted by Crippen LogP contribution is -2.04. The molecule has 0 saturated carbocycles. The average molecular weight is 223 g/mol. The zero-order valence-electron chi connectivity index (χ0n) is 9.52. The smallest absolute Gasteiger partial charge is 0.213 e. The summed E-state index contributed by atoms with van der Waals surface area (Å²) < 4.78 is 16.3. The van der Waals surface area contributed by atoms with Gasteiger partial charge in [0.2, 0.25) is 12.2 Å². The fraction of sp³-hybridized carbons (Fsp3) is 0.583. The Morgan fingerprint density at radius 2 is 2.19 bits per heavy atom. The third kappa shape index (κ3) is 2.93. The maximum atomic E-state index is 5.52. The molecule has 0 atom stereocenters. The molecule has 2 heterocycles. The Morgan fingerprint density at radius 3 is 2.94 bits per heavy atom. The second-order valence-electron chi connectivity index (χ2n) is 3.68. The highest BCUT2D eigenvalue weighted by Gasteiger charge is 2.19. The fourth-order valence-corrected chi connectivity index (χ4v) is 1.49. The number of hydrogen-bond donors (Lipinski definition) is 0. The first kappa shape index (κ1) is 11.4. The molecule has 0 aliphatic carbocycles. The van der Waals surface area contributed by atoms with Crippen LogP contribution in [0.4, 0.5) is 0 Å². The van der Waals surface area contributed by atoms with Gasteiger partial charge >= 0.3 is 0 Å². The zero-order chi connectivity index (χ0) is 11.2. The van der Waals surface area contributed by atoms with E-state index in [4.69, 9.17) is 14.2 Å². The second-order valence-corrected chi connectivity index (χ2v) is 3.68. The Bertz CT molecular complexity index is 324. The molecule has 1 aliphatic heterocycles. The first-order valence-corrected chi connectivity index (χ1v) is 5.73. The van der Waals surface area contributed by atoms with E-state index in [2.05, 4.69) is 11.9 Å². The van der Waals surface area contributed by atoms with Crippen molar-refractivity contribution >= 4 is 0 Å². The Morgan fingerprint density at radius 1 is 1.38 bits per heavy atom. The quantitative estimate of drug-likeness (QED) is 0.718. The van der Waals surface area contributed by atoms with Gasteiger partial charge in [0.05, 0.1) is 19.8 Å². The van der Waals surface area contributed by atoms with E-state index in [1.54, 1.807) is 0 Å². The Kier molecular flexibility index (Phi) is 4.13. The number of unbranched alkanes of at least 4 members (excludes halogenated alkanes) is 1. The van der Waals surface area contributed by atoms with Crippen LogP contribution >= 0.6 is 0 Å². The highest BCUT2D eigenvalue weighted by Crippen LogP contribution is 2.22. The van der Waals surface area contributed by atoms with Crippen molar-refractivity contribution < 1.29 is 14.2 Å². The molecule has 88 valence electrons. The molecule has 4 nitrogen and oxygen atoms in total. The number of hydrogen-bond acceptors (Lipinski definition) is 4. The average Bonchev–Trinajstić information content (AvgIpc) is 2.83. The van der Waals surface area contributed by atoms with E-state index >= 15 is 0 Å². The van der Waals surface area contributed by atoms with Crippen molar-refractivity contribution in [3.63, 3.8) is 0 Å². The highest BCUT2D eigenvalue weighted by molar-refractivity contribution is 5.16. The minimum Gasteiger partial charge on any atom is -0.478 e. The molecule has 1 aromatic heterocycles. The van der Waals surface area contributed by atoms with Crippen molar-refractivity contribution in [2.24, 2.45) is 0 Å². The van der Waals surface area contributed by atoms with Gasteiger partial charge in [-0.1, -0.05) is 19.4 Å². The number of ether oxygens (including phenoxy) is 3. The van der Waals surface area contributed by atoms with Gasteiger partial charge in [-0.05, 0) is 12.5 Å². The Balaban J connectivity index is 1.95. The highest BCUT2D eigenvalue weighted by atomic mass is 16.7. The molecule has 1 aromatic rings. The van der Waals surface area contributed by atoms with Gasteiger partial charge in [-0.2, -0.15) is 0 Å². The zero-order valence-corrected chi connectivity index (χ0v) is 9.52. The molecule has 0 unspecified atom stereocenters. The maximum Gasteiger partial charge on any atom is 0.213 e. The van der Waals surface area contributed by atoms with Crippen LogP contribution in [0.5, 0.6) is 5.88 Å². The van der Waals surface area contributed by atoms with Crippen LogP contribution in [0.1, 0.15) is 31.7 Å². The predicted molar refractivity (Wildman–Crippen MR) is 59.3 cm³/mol. The topological polar surface area (TPSA) is 40.6 Å². The van der Waals surface area contributed by atoms with E-state index in [0.29, 0.717) is 25.7 Å². The molecule has 2 rings (SSSR count). The molecule has 0 N–H and O–H groups in total. The minimum absolute atomic E-state index is 0.324. The molecule has 1 saturated heterocycles. The predicted octanol–water partition coefficient (Wildman–Crippen LogP) is 2.31. The van der Waals surface area contributed by atoms with E-state index < -0.39 is 0 Å². The van der Waals surface area contributed by atoms with Crippen molar-refractivity contribution in [3.8, 4) is 5.88 Å². The molecule has 0 bridgehead atoms. The SMILES string of the molecule is CCCCOc1cccc(C2OCCO2)n1. The lowest BCUT2D eigenvalue weighted by atomic mass is 10.3. The van der Waals surface area contributed by atoms with Crippen molar-refractivity contribution in [1.29, 1.82) is 0 Å². The molecule has 1 fully saturated rings. The van der Waals surface area contributed by atoms with Crippen molar-refractivity contribution in [2.75, 3.05) is 19.8 Å². The standard InChI is InChI=1S/C12H17NO3/c1-2-3-7-14-11-6-4-5-10(13-11)12-15-8-9-16-12/h4-6,12H,2-3,7-9H2,1H3. The number of pyridine rings is 1. The molecule has 0 radical (unpaired) electrons. The van der Waals surface area contributed by atoms with E-state index in [1.165, 1.54) is 0 Å². The number of aromatic nitrogens is 1. The summed E-state index contributed by atoms with van der Waals surface area (Å²) in [6.07, 6.45) is 1.84. The van der Waals surface area contributed by atoms with Gasteiger partial charge < -0.3 is 14.2 Å². The molecular weight excluding hydrogens is 206 g/mol. The third-order valence-electron chi connectivity index (χ3n) is 2.36. The Labute approximate surface area is 95.5 Å². The van der Waals surface area contributed by atoms with Gasteiger partial charge in [0.25, 0.3) is 0 Å². The monoisotopic (exact) mass is 223 g/mol. The van der Waals surface area contributed by atoms with Crippen LogP contribution in [0, 0.1) is 0 Å². The van der Waals surface area contributed by atoms with Crippen LogP contribution in [0.3, 0.4) is 0 Å². The van der Waals surface area contributed by atoms with Crippen LogP contribution in [0.15, 0.2) is 18.2 Å². The van der Waals surface area contributed by atoms with Gasteiger partial charge in [-0.15, -0.1) is 0 Å². The molecule has 16 heavy (non-hydrogen) atoms. The van der Waals surface area contributed by atoms with Crippen LogP contribution in [0.25, 0.3) is 0 Å². The van der Waals surface area contributed by atoms with E-state index in [9.17, 15) is 0 Å².